The van der Waals surface area contributed by atoms with Crippen LogP contribution in [0, 0.1) is 0 Å². The first-order valence-electron chi connectivity index (χ1n) is 5.09. The average Bonchev–Trinajstić information content (AvgIpc) is 2.66. The van der Waals surface area contributed by atoms with E-state index < -0.39 is 0 Å². The van der Waals surface area contributed by atoms with Crippen molar-refractivity contribution >= 4 is 29.3 Å². The third-order valence-corrected chi connectivity index (χ3v) is 2.75. The lowest BCUT2D eigenvalue weighted by molar-refractivity contribution is 0.234. The van der Waals surface area contributed by atoms with Crippen molar-refractivity contribution in [2.45, 2.75) is 6.92 Å². The van der Waals surface area contributed by atoms with Gasteiger partial charge in [0.15, 0.2) is 0 Å². The minimum Gasteiger partial charge on any atom is -0.286 e. The molecule has 1 aliphatic rings. The van der Waals surface area contributed by atoms with Gasteiger partial charge in [0.25, 0.3) is 0 Å². The number of nitrogens with zero attached hydrogens (tertiary/aromatic N) is 3. The summed E-state index contributed by atoms with van der Waals surface area (Å²) in [5, 5.41) is 0. The minimum absolute atomic E-state index is 0.0758. The number of amides is 2. The number of likely N-dealkylation sites (N-methyl/N-ethyl adjacent to an activating group) is 1. The summed E-state index contributed by atoms with van der Waals surface area (Å²) in [6.07, 6.45) is 0. The number of para-hydroxylation sites is 1. The van der Waals surface area contributed by atoms with E-state index in [2.05, 4.69) is 4.51 Å². The lowest BCUT2D eigenvalue weighted by Gasteiger charge is -2.16. The van der Waals surface area contributed by atoms with Gasteiger partial charge in [-0.25, -0.2) is 4.79 Å². The zero-order valence-electron chi connectivity index (χ0n) is 8.93. The van der Waals surface area contributed by atoms with E-state index in [9.17, 15) is 4.79 Å². The van der Waals surface area contributed by atoms with Gasteiger partial charge in [-0.2, -0.15) is 4.51 Å². The first kappa shape index (κ1) is 11.0. The second kappa shape index (κ2) is 4.53. The van der Waals surface area contributed by atoms with Crippen molar-refractivity contribution in [3.05, 3.63) is 30.3 Å². The van der Waals surface area contributed by atoms with E-state index in [0.29, 0.717) is 18.9 Å². The van der Waals surface area contributed by atoms with Crippen LogP contribution in [0.4, 0.5) is 10.5 Å². The Hall–Kier alpha value is -1.55. The number of rotatable bonds is 2. The Morgan fingerprint density at radius 2 is 2.06 bits per heavy atom. The first-order valence-corrected chi connectivity index (χ1v) is 5.43. The number of hydrogen-bond donors (Lipinski definition) is 0. The normalized spacial score (nSPS) is 18.6. The van der Waals surface area contributed by atoms with E-state index in [1.807, 2.05) is 37.3 Å². The fraction of sp³-hybridized carbons (Fsp3) is 0.273. The largest absolute Gasteiger partial charge is 0.330 e. The number of carbonyl (C=O) groups excluding carboxylic acids is 1. The SMILES string of the molecule is CCN1C(=O)N(c2ccccc2)CC1=NCl. The molecule has 2 rings (SSSR count). The number of anilines is 1. The lowest BCUT2D eigenvalue weighted by Crippen LogP contribution is -2.32. The molecule has 16 heavy (non-hydrogen) atoms. The van der Waals surface area contributed by atoms with Crippen LogP contribution in [0.1, 0.15) is 6.92 Å². The molecule has 0 unspecified atom stereocenters. The molecule has 0 aromatic heterocycles. The predicted octanol–water partition coefficient (Wildman–Crippen LogP) is 2.50. The van der Waals surface area contributed by atoms with Crippen LogP contribution in [0.5, 0.6) is 0 Å². The van der Waals surface area contributed by atoms with Gasteiger partial charge in [-0.3, -0.25) is 9.80 Å². The highest BCUT2D eigenvalue weighted by atomic mass is 35.5. The Morgan fingerprint density at radius 1 is 1.38 bits per heavy atom. The molecule has 1 saturated heterocycles. The van der Waals surface area contributed by atoms with Crippen LogP contribution in [0.15, 0.2) is 34.8 Å². The van der Waals surface area contributed by atoms with Crippen LogP contribution in [-0.2, 0) is 0 Å². The first-order chi connectivity index (χ1) is 7.77. The number of carbonyl (C=O) groups is 1. The van der Waals surface area contributed by atoms with E-state index in [0.717, 1.165) is 5.69 Å². The molecule has 4 nitrogen and oxygen atoms in total. The molecule has 84 valence electrons. The van der Waals surface area contributed by atoms with Crippen molar-refractivity contribution < 1.29 is 4.79 Å². The minimum atomic E-state index is -0.0758. The summed E-state index contributed by atoms with van der Waals surface area (Å²) >= 11 is 5.47. The number of amidine groups is 1. The monoisotopic (exact) mass is 237 g/mol. The van der Waals surface area contributed by atoms with Crippen LogP contribution in [0.3, 0.4) is 0 Å². The van der Waals surface area contributed by atoms with Crippen LogP contribution in [0.25, 0.3) is 0 Å². The zero-order chi connectivity index (χ0) is 11.5. The molecule has 2 amide bonds. The Kier molecular flexibility index (Phi) is 3.10. The molecular weight excluding hydrogens is 226 g/mol. The quantitative estimate of drug-likeness (QED) is 0.779. The lowest BCUT2D eigenvalue weighted by atomic mass is 10.3. The highest BCUT2D eigenvalue weighted by Crippen LogP contribution is 2.21. The van der Waals surface area contributed by atoms with Crippen molar-refractivity contribution in [2.75, 3.05) is 18.0 Å². The third-order valence-electron chi connectivity index (χ3n) is 2.55. The maximum atomic E-state index is 12.0. The van der Waals surface area contributed by atoms with E-state index >= 15 is 0 Å². The van der Waals surface area contributed by atoms with Gasteiger partial charge < -0.3 is 0 Å². The van der Waals surface area contributed by atoms with Gasteiger partial charge in [-0.05, 0) is 19.1 Å². The second-order valence-corrected chi connectivity index (χ2v) is 3.62. The highest BCUT2D eigenvalue weighted by molar-refractivity contribution is 6.24. The molecule has 1 aliphatic heterocycles. The van der Waals surface area contributed by atoms with Crippen LogP contribution >= 0.6 is 11.8 Å². The molecule has 0 N–H and O–H groups in total. The molecule has 1 aromatic carbocycles. The van der Waals surface area contributed by atoms with Gasteiger partial charge in [0.05, 0.1) is 6.54 Å². The van der Waals surface area contributed by atoms with Crippen LogP contribution < -0.4 is 4.90 Å². The van der Waals surface area contributed by atoms with E-state index in [-0.39, 0.29) is 6.03 Å². The average molecular weight is 238 g/mol. The Balaban J connectivity index is 2.30. The number of urea groups is 1. The fourth-order valence-corrected chi connectivity index (χ4v) is 1.90. The summed E-state index contributed by atoms with van der Waals surface area (Å²) in [6, 6.07) is 9.42. The summed E-state index contributed by atoms with van der Waals surface area (Å²) in [4.78, 5) is 15.2. The number of hydrogen-bond acceptors (Lipinski definition) is 2. The predicted molar refractivity (Wildman–Crippen MR) is 64.9 cm³/mol. The van der Waals surface area contributed by atoms with Crippen LogP contribution in [-0.4, -0.2) is 29.9 Å². The number of halogens is 1. The summed E-state index contributed by atoms with van der Waals surface area (Å²) in [6.45, 7) is 2.91. The van der Waals surface area contributed by atoms with E-state index in [1.165, 1.54) is 0 Å². The molecule has 0 aliphatic carbocycles. The van der Waals surface area contributed by atoms with Crippen molar-refractivity contribution in [2.24, 2.45) is 4.51 Å². The molecule has 1 heterocycles. The van der Waals surface area contributed by atoms with Gasteiger partial charge in [-0.15, -0.1) is 0 Å². The van der Waals surface area contributed by atoms with Gasteiger partial charge in [0, 0.05) is 24.0 Å². The Bertz CT molecular complexity index is 418. The molecule has 0 bridgehead atoms. The van der Waals surface area contributed by atoms with Gasteiger partial charge in [-0.1, -0.05) is 18.2 Å². The second-order valence-electron chi connectivity index (χ2n) is 3.45. The maximum Gasteiger partial charge on any atom is 0.330 e. The van der Waals surface area contributed by atoms with Gasteiger partial charge in [0.1, 0.15) is 5.84 Å². The Morgan fingerprint density at radius 3 is 2.56 bits per heavy atom. The molecule has 5 heteroatoms. The Labute approximate surface area is 99.2 Å². The molecule has 0 saturated carbocycles. The highest BCUT2D eigenvalue weighted by Gasteiger charge is 2.33. The third kappa shape index (κ3) is 1.76. The van der Waals surface area contributed by atoms with Crippen molar-refractivity contribution in [3.8, 4) is 0 Å². The van der Waals surface area contributed by atoms with E-state index in [4.69, 9.17) is 11.8 Å². The summed E-state index contributed by atoms with van der Waals surface area (Å²) in [7, 11) is 0. The topological polar surface area (TPSA) is 35.9 Å². The fourth-order valence-electron chi connectivity index (χ4n) is 1.75. The molecular formula is C11H12ClN3O. The number of benzene rings is 1. The molecule has 1 aromatic rings. The van der Waals surface area contributed by atoms with Crippen molar-refractivity contribution in [1.82, 2.24) is 4.90 Å². The maximum absolute atomic E-state index is 12.0. The molecule has 0 atom stereocenters. The smallest absolute Gasteiger partial charge is 0.286 e. The molecule has 0 spiro atoms. The standard InChI is InChI=1S/C11H12ClN3O/c1-2-14-10(13-12)8-15(11(14)16)9-6-4-3-5-7-9/h3-7H,2,8H2,1H3. The summed E-state index contributed by atoms with van der Waals surface area (Å²) in [5.74, 6) is 0.595. The van der Waals surface area contributed by atoms with E-state index in [1.54, 1.807) is 9.80 Å². The van der Waals surface area contributed by atoms with Gasteiger partial charge >= 0.3 is 6.03 Å². The van der Waals surface area contributed by atoms with Gasteiger partial charge in [0.2, 0.25) is 0 Å². The van der Waals surface area contributed by atoms with Crippen molar-refractivity contribution in [1.29, 1.82) is 0 Å². The summed E-state index contributed by atoms with van der Waals surface area (Å²) in [5.41, 5.74) is 0.862. The summed E-state index contributed by atoms with van der Waals surface area (Å²) < 4.78 is 3.62. The van der Waals surface area contributed by atoms with Crippen LogP contribution in [0.2, 0.25) is 0 Å². The zero-order valence-corrected chi connectivity index (χ0v) is 9.68. The van der Waals surface area contributed by atoms with Crippen molar-refractivity contribution in [3.63, 3.8) is 0 Å². The molecule has 1 fully saturated rings. The molecule has 0 radical (unpaired) electrons.